The Kier molecular flexibility index (Phi) is 7.50. The summed E-state index contributed by atoms with van der Waals surface area (Å²) >= 11 is 0. The summed E-state index contributed by atoms with van der Waals surface area (Å²) in [5.41, 5.74) is 7.02. The van der Waals surface area contributed by atoms with E-state index in [1.807, 2.05) is 26.0 Å². The van der Waals surface area contributed by atoms with E-state index in [4.69, 9.17) is 10.8 Å². The lowest BCUT2D eigenvalue weighted by Crippen LogP contribution is -2.31. The predicted molar refractivity (Wildman–Crippen MR) is 68.2 cm³/mol. The first-order chi connectivity index (χ1) is 7.92. The number of primary amides is 1. The van der Waals surface area contributed by atoms with Gasteiger partial charge in [0.1, 0.15) is 0 Å². The smallest absolute Gasteiger partial charge is 0.222 e. The molecule has 0 aliphatic carbocycles. The molecule has 0 aliphatic heterocycles. The summed E-state index contributed by atoms with van der Waals surface area (Å²) in [6.07, 6.45) is 4.19. The van der Waals surface area contributed by atoms with Crippen LogP contribution < -0.4 is 5.73 Å². The molecule has 0 aliphatic rings. The van der Waals surface area contributed by atoms with Gasteiger partial charge in [0, 0.05) is 0 Å². The second kappa shape index (κ2) is 8.03. The molecule has 4 heteroatoms. The standard InChI is InChI=1S/C13H23NO3/c1-4-11(8-15)7-9(2)5-6-12(16)10(3)13(14)17/h4,7,10,12,15-16H,5-6,8H2,1-3H3,(H2,14,17). The highest BCUT2D eigenvalue weighted by Crippen LogP contribution is 2.14. The van der Waals surface area contributed by atoms with E-state index in [-0.39, 0.29) is 6.61 Å². The van der Waals surface area contributed by atoms with Gasteiger partial charge in [-0.2, -0.15) is 0 Å². The minimum Gasteiger partial charge on any atom is -0.392 e. The van der Waals surface area contributed by atoms with Crippen molar-refractivity contribution in [2.75, 3.05) is 6.61 Å². The molecule has 2 unspecified atom stereocenters. The number of hydrogen-bond acceptors (Lipinski definition) is 3. The Morgan fingerprint density at radius 2 is 2.06 bits per heavy atom. The Morgan fingerprint density at radius 3 is 2.47 bits per heavy atom. The van der Waals surface area contributed by atoms with Crippen LogP contribution >= 0.6 is 0 Å². The van der Waals surface area contributed by atoms with Gasteiger partial charge < -0.3 is 15.9 Å². The largest absolute Gasteiger partial charge is 0.392 e. The molecule has 0 heterocycles. The summed E-state index contributed by atoms with van der Waals surface area (Å²) in [7, 11) is 0. The molecule has 98 valence electrons. The van der Waals surface area contributed by atoms with Gasteiger partial charge in [0.05, 0.1) is 18.6 Å². The molecular formula is C13H23NO3. The summed E-state index contributed by atoms with van der Waals surface area (Å²) < 4.78 is 0. The van der Waals surface area contributed by atoms with Crippen LogP contribution in [0.15, 0.2) is 23.3 Å². The molecule has 2 atom stereocenters. The van der Waals surface area contributed by atoms with Gasteiger partial charge in [0.2, 0.25) is 5.91 Å². The summed E-state index contributed by atoms with van der Waals surface area (Å²) in [5.74, 6) is -1.01. The summed E-state index contributed by atoms with van der Waals surface area (Å²) in [4.78, 5) is 10.9. The van der Waals surface area contributed by atoms with Crippen LogP contribution in [0.5, 0.6) is 0 Å². The summed E-state index contributed by atoms with van der Waals surface area (Å²) in [5, 5.41) is 18.7. The van der Waals surface area contributed by atoms with Gasteiger partial charge in [-0.05, 0) is 32.3 Å². The van der Waals surface area contributed by atoms with Crippen LogP contribution in [0.2, 0.25) is 0 Å². The Bertz CT molecular complexity index is 308. The van der Waals surface area contributed by atoms with Crippen molar-refractivity contribution in [3.05, 3.63) is 23.3 Å². The number of amides is 1. The fraction of sp³-hybridized carbons (Fsp3) is 0.615. The number of aliphatic hydroxyl groups excluding tert-OH is 2. The number of carbonyl (C=O) groups excluding carboxylic acids is 1. The van der Waals surface area contributed by atoms with Crippen molar-refractivity contribution in [1.82, 2.24) is 0 Å². The average Bonchev–Trinajstić information content (AvgIpc) is 2.31. The van der Waals surface area contributed by atoms with Crippen molar-refractivity contribution in [1.29, 1.82) is 0 Å². The lowest BCUT2D eigenvalue weighted by molar-refractivity contribution is -0.124. The van der Waals surface area contributed by atoms with Gasteiger partial charge in [0.25, 0.3) is 0 Å². The van der Waals surface area contributed by atoms with Crippen molar-refractivity contribution in [2.45, 2.75) is 39.7 Å². The number of allylic oxidation sites excluding steroid dienone is 2. The lowest BCUT2D eigenvalue weighted by atomic mass is 9.97. The summed E-state index contributed by atoms with van der Waals surface area (Å²) in [6, 6.07) is 0. The molecule has 0 saturated carbocycles. The van der Waals surface area contributed by atoms with Crippen LogP contribution in [0.3, 0.4) is 0 Å². The fourth-order valence-corrected chi connectivity index (χ4v) is 1.42. The molecule has 17 heavy (non-hydrogen) atoms. The maximum atomic E-state index is 10.9. The predicted octanol–water partition coefficient (Wildman–Crippen LogP) is 1.13. The van der Waals surface area contributed by atoms with Crippen LogP contribution in [0, 0.1) is 5.92 Å². The number of hydrogen-bond donors (Lipinski definition) is 3. The highest BCUT2D eigenvalue weighted by atomic mass is 16.3. The number of carbonyl (C=O) groups is 1. The molecule has 0 aromatic heterocycles. The van der Waals surface area contributed by atoms with Gasteiger partial charge in [0.15, 0.2) is 0 Å². The third-order valence-electron chi connectivity index (χ3n) is 2.85. The lowest BCUT2D eigenvalue weighted by Gasteiger charge is -2.15. The van der Waals surface area contributed by atoms with Crippen molar-refractivity contribution in [3.8, 4) is 0 Å². The molecule has 0 radical (unpaired) electrons. The van der Waals surface area contributed by atoms with Crippen LogP contribution in [-0.4, -0.2) is 28.8 Å². The van der Waals surface area contributed by atoms with Gasteiger partial charge in [-0.1, -0.05) is 24.6 Å². The van der Waals surface area contributed by atoms with Crippen LogP contribution in [0.4, 0.5) is 0 Å². The molecular weight excluding hydrogens is 218 g/mol. The molecule has 0 spiro atoms. The molecule has 4 nitrogen and oxygen atoms in total. The van der Waals surface area contributed by atoms with E-state index in [2.05, 4.69) is 0 Å². The van der Waals surface area contributed by atoms with E-state index < -0.39 is 17.9 Å². The Labute approximate surface area is 103 Å². The van der Waals surface area contributed by atoms with E-state index in [0.717, 1.165) is 11.1 Å². The van der Waals surface area contributed by atoms with Crippen LogP contribution in [0.1, 0.15) is 33.6 Å². The molecule has 0 fully saturated rings. The van der Waals surface area contributed by atoms with E-state index in [1.165, 1.54) is 0 Å². The van der Waals surface area contributed by atoms with Gasteiger partial charge in [-0.3, -0.25) is 4.79 Å². The SMILES string of the molecule is CC=C(C=C(C)CCC(O)C(C)C(N)=O)CO. The molecule has 0 bridgehead atoms. The minimum atomic E-state index is -0.709. The topological polar surface area (TPSA) is 83.5 Å². The molecule has 0 saturated heterocycles. The van der Waals surface area contributed by atoms with Crippen molar-refractivity contribution < 1.29 is 15.0 Å². The molecule has 0 aromatic rings. The third kappa shape index (κ3) is 6.24. The first kappa shape index (κ1) is 15.9. The first-order valence-electron chi connectivity index (χ1n) is 5.83. The maximum absolute atomic E-state index is 10.9. The Balaban J connectivity index is 4.24. The van der Waals surface area contributed by atoms with E-state index in [1.54, 1.807) is 6.92 Å². The Hall–Kier alpha value is -1.13. The monoisotopic (exact) mass is 241 g/mol. The van der Waals surface area contributed by atoms with Crippen LogP contribution in [-0.2, 0) is 4.79 Å². The minimum absolute atomic E-state index is 0.00802. The highest BCUT2D eigenvalue weighted by molar-refractivity contribution is 5.76. The van der Waals surface area contributed by atoms with E-state index in [0.29, 0.717) is 12.8 Å². The summed E-state index contributed by atoms with van der Waals surface area (Å²) in [6.45, 7) is 5.42. The normalized spacial score (nSPS) is 16.8. The zero-order valence-corrected chi connectivity index (χ0v) is 10.8. The van der Waals surface area contributed by atoms with Crippen molar-refractivity contribution >= 4 is 5.91 Å². The molecule has 1 amide bonds. The maximum Gasteiger partial charge on any atom is 0.222 e. The zero-order chi connectivity index (χ0) is 13.4. The quantitative estimate of drug-likeness (QED) is 0.584. The average molecular weight is 241 g/mol. The number of rotatable bonds is 7. The van der Waals surface area contributed by atoms with E-state index in [9.17, 15) is 9.90 Å². The van der Waals surface area contributed by atoms with Gasteiger partial charge in [-0.15, -0.1) is 0 Å². The van der Waals surface area contributed by atoms with Gasteiger partial charge >= 0.3 is 0 Å². The Morgan fingerprint density at radius 1 is 1.47 bits per heavy atom. The third-order valence-corrected chi connectivity index (χ3v) is 2.85. The number of aliphatic hydroxyl groups is 2. The molecule has 4 N–H and O–H groups in total. The first-order valence-corrected chi connectivity index (χ1v) is 5.83. The fourth-order valence-electron chi connectivity index (χ4n) is 1.42. The van der Waals surface area contributed by atoms with Crippen molar-refractivity contribution in [2.24, 2.45) is 11.7 Å². The second-order valence-corrected chi connectivity index (χ2v) is 4.31. The van der Waals surface area contributed by atoms with Crippen molar-refractivity contribution in [3.63, 3.8) is 0 Å². The van der Waals surface area contributed by atoms with Gasteiger partial charge in [-0.25, -0.2) is 0 Å². The van der Waals surface area contributed by atoms with E-state index >= 15 is 0 Å². The zero-order valence-electron chi connectivity index (χ0n) is 10.8. The highest BCUT2D eigenvalue weighted by Gasteiger charge is 2.18. The second-order valence-electron chi connectivity index (χ2n) is 4.31. The van der Waals surface area contributed by atoms with Crippen LogP contribution in [0.25, 0.3) is 0 Å². The molecule has 0 aromatic carbocycles. The number of nitrogens with two attached hydrogens (primary N) is 1. The molecule has 0 rings (SSSR count).